The first-order valence-electron chi connectivity index (χ1n) is 5.20. The Morgan fingerprint density at radius 1 is 1.14 bits per heavy atom. The van der Waals surface area contributed by atoms with Crippen LogP contribution in [0.25, 0.3) is 0 Å². The van der Waals surface area contributed by atoms with Gasteiger partial charge in [0.05, 0.1) is 12.7 Å². The summed E-state index contributed by atoms with van der Waals surface area (Å²) in [4.78, 5) is 4.50. The summed E-state index contributed by atoms with van der Waals surface area (Å²) in [6, 6.07) is 0. The molecule has 0 bridgehead atoms. The van der Waals surface area contributed by atoms with Gasteiger partial charge in [0.25, 0.3) is 0 Å². The molecule has 84 valence electrons. The lowest BCUT2D eigenvalue weighted by atomic mass is 10.2. The van der Waals surface area contributed by atoms with Crippen LogP contribution in [-0.4, -0.2) is 78.5 Å². The van der Waals surface area contributed by atoms with E-state index < -0.39 is 6.10 Å². The van der Waals surface area contributed by atoms with Gasteiger partial charge in [0.1, 0.15) is 0 Å². The highest BCUT2D eigenvalue weighted by atomic mass is 16.3. The van der Waals surface area contributed by atoms with Crippen LogP contribution >= 0.6 is 0 Å². The average molecular weight is 203 g/mol. The summed E-state index contributed by atoms with van der Waals surface area (Å²) in [6.07, 6.45) is -0.601. The van der Waals surface area contributed by atoms with Crippen LogP contribution in [0.2, 0.25) is 0 Å². The largest absolute Gasteiger partial charge is 0.394 e. The topological polar surface area (TPSA) is 73.0 Å². The maximum Gasteiger partial charge on any atom is 0.0897 e. The van der Waals surface area contributed by atoms with Gasteiger partial charge in [-0.2, -0.15) is 0 Å². The Morgan fingerprint density at radius 3 is 2.21 bits per heavy atom. The molecule has 5 nitrogen and oxygen atoms in total. The van der Waals surface area contributed by atoms with Gasteiger partial charge in [-0.3, -0.25) is 9.80 Å². The molecule has 0 aliphatic carbocycles. The van der Waals surface area contributed by atoms with Crippen LogP contribution in [0.1, 0.15) is 0 Å². The fourth-order valence-electron chi connectivity index (χ4n) is 1.73. The third-order valence-electron chi connectivity index (χ3n) is 2.59. The van der Waals surface area contributed by atoms with Crippen LogP contribution < -0.4 is 5.73 Å². The fraction of sp³-hybridized carbons (Fsp3) is 1.00. The average Bonchev–Trinajstić information content (AvgIpc) is 2.21. The first-order valence-corrected chi connectivity index (χ1v) is 5.20. The molecule has 1 unspecified atom stereocenters. The second-order valence-electron chi connectivity index (χ2n) is 3.77. The van der Waals surface area contributed by atoms with Crippen LogP contribution in [0.5, 0.6) is 0 Å². The number of nitrogens with zero attached hydrogens (tertiary/aromatic N) is 2. The van der Waals surface area contributed by atoms with Crippen molar-refractivity contribution in [1.29, 1.82) is 0 Å². The highest BCUT2D eigenvalue weighted by Crippen LogP contribution is 2.01. The predicted octanol–water partition coefficient (Wildman–Crippen LogP) is -2.08. The number of aliphatic hydroxyl groups is 2. The maximum atomic E-state index is 9.25. The van der Waals surface area contributed by atoms with Gasteiger partial charge in [-0.05, 0) is 0 Å². The quantitative estimate of drug-likeness (QED) is 0.478. The Hall–Kier alpha value is -0.200. The lowest BCUT2D eigenvalue weighted by molar-refractivity contribution is 0.0401. The normalized spacial score (nSPS) is 22.5. The smallest absolute Gasteiger partial charge is 0.0897 e. The van der Waals surface area contributed by atoms with Crippen LogP contribution in [0.3, 0.4) is 0 Å². The van der Waals surface area contributed by atoms with E-state index in [9.17, 15) is 5.11 Å². The number of nitrogens with two attached hydrogens (primary N) is 1. The van der Waals surface area contributed by atoms with Gasteiger partial charge >= 0.3 is 0 Å². The van der Waals surface area contributed by atoms with Gasteiger partial charge in [0, 0.05) is 45.8 Å². The molecular formula is C9H21N3O2. The zero-order valence-corrected chi connectivity index (χ0v) is 8.60. The van der Waals surface area contributed by atoms with Crippen molar-refractivity contribution in [3.63, 3.8) is 0 Å². The van der Waals surface area contributed by atoms with Crippen LogP contribution in [0.15, 0.2) is 0 Å². The van der Waals surface area contributed by atoms with Gasteiger partial charge in [-0.25, -0.2) is 0 Å². The lowest BCUT2D eigenvalue weighted by Crippen LogP contribution is -2.49. The third-order valence-corrected chi connectivity index (χ3v) is 2.59. The summed E-state index contributed by atoms with van der Waals surface area (Å²) in [5.41, 5.74) is 5.47. The molecule has 0 aromatic heterocycles. The van der Waals surface area contributed by atoms with Gasteiger partial charge < -0.3 is 15.9 Å². The van der Waals surface area contributed by atoms with Crippen molar-refractivity contribution in [3.05, 3.63) is 0 Å². The number of hydrogen-bond donors (Lipinski definition) is 3. The van der Waals surface area contributed by atoms with Gasteiger partial charge in [-0.15, -0.1) is 0 Å². The SMILES string of the molecule is NCCN1CCN(CC(O)CO)CC1. The van der Waals surface area contributed by atoms with E-state index in [1.165, 1.54) is 0 Å². The highest BCUT2D eigenvalue weighted by molar-refractivity contribution is 4.73. The molecule has 4 N–H and O–H groups in total. The first kappa shape index (κ1) is 11.9. The van der Waals surface area contributed by atoms with E-state index in [1.807, 2.05) is 0 Å². The minimum Gasteiger partial charge on any atom is -0.394 e. The molecule has 1 saturated heterocycles. The molecule has 1 rings (SSSR count). The monoisotopic (exact) mass is 203 g/mol. The zero-order chi connectivity index (χ0) is 10.4. The molecule has 1 aliphatic heterocycles. The van der Waals surface area contributed by atoms with Crippen LogP contribution in [0.4, 0.5) is 0 Å². The number of hydrogen-bond acceptors (Lipinski definition) is 5. The number of rotatable bonds is 5. The predicted molar refractivity (Wildman–Crippen MR) is 55.0 cm³/mol. The minimum atomic E-state index is -0.601. The van der Waals surface area contributed by atoms with Crippen LogP contribution in [-0.2, 0) is 0 Å². The van der Waals surface area contributed by atoms with E-state index in [-0.39, 0.29) is 6.61 Å². The number of piperazine rings is 1. The second-order valence-corrected chi connectivity index (χ2v) is 3.77. The van der Waals surface area contributed by atoms with E-state index in [0.29, 0.717) is 13.1 Å². The van der Waals surface area contributed by atoms with Gasteiger partial charge in [0.15, 0.2) is 0 Å². The van der Waals surface area contributed by atoms with Crippen LogP contribution in [0, 0.1) is 0 Å². The highest BCUT2D eigenvalue weighted by Gasteiger charge is 2.17. The first-order chi connectivity index (χ1) is 6.76. The molecule has 0 radical (unpaired) electrons. The van der Waals surface area contributed by atoms with Crippen molar-refractivity contribution >= 4 is 0 Å². The molecule has 0 saturated carbocycles. The van der Waals surface area contributed by atoms with Crippen molar-refractivity contribution in [3.8, 4) is 0 Å². The summed E-state index contributed by atoms with van der Waals surface area (Å²) < 4.78 is 0. The minimum absolute atomic E-state index is 0.150. The van der Waals surface area contributed by atoms with E-state index in [0.717, 1.165) is 32.7 Å². The van der Waals surface area contributed by atoms with E-state index >= 15 is 0 Å². The fourth-order valence-corrected chi connectivity index (χ4v) is 1.73. The molecular weight excluding hydrogens is 182 g/mol. The molecule has 14 heavy (non-hydrogen) atoms. The number of β-amino-alcohol motifs (C(OH)–C–C–N with tert-alkyl or cyclic N) is 1. The van der Waals surface area contributed by atoms with Crippen molar-refractivity contribution in [1.82, 2.24) is 9.80 Å². The van der Waals surface area contributed by atoms with Crippen molar-refractivity contribution in [2.24, 2.45) is 5.73 Å². The maximum absolute atomic E-state index is 9.25. The number of aliphatic hydroxyl groups excluding tert-OH is 2. The van der Waals surface area contributed by atoms with Crippen molar-refractivity contribution < 1.29 is 10.2 Å². The Morgan fingerprint density at radius 2 is 1.71 bits per heavy atom. The Balaban J connectivity index is 2.15. The molecule has 0 aromatic carbocycles. The third kappa shape index (κ3) is 3.89. The Bertz CT molecular complexity index is 149. The molecule has 1 heterocycles. The summed E-state index contributed by atoms with van der Waals surface area (Å²) in [6.45, 7) is 6.02. The molecule has 5 heteroatoms. The van der Waals surface area contributed by atoms with Crippen molar-refractivity contribution in [2.45, 2.75) is 6.10 Å². The summed E-state index contributed by atoms with van der Waals surface area (Å²) in [5, 5.41) is 18.0. The lowest BCUT2D eigenvalue weighted by Gasteiger charge is -2.35. The van der Waals surface area contributed by atoms with Gasteiger partial charge in [0.2, 0.25) is 0 Å². The van der Waals surface area contributed by atoms with E-state index in [1.54, 1.807) is 0 Å². The Labute approximate surface area is 85.1 Å². The molecule has 1 aliphatic rings. The van der Waals surface area contributed by atoms with Crippen molar-refractivity contribution in [2.75, 3.05) is 52.4 Å². The summed E-state index contributed by atoms with van der Waals surface area (Å²) in [5.74, 6) is 0. The van der Waals surface area contributed by atoms with Gasteiger partial charge in [-0.1, -0.05) is 0 Å². The molecule has 0 aromatic rings. The molecule has 1 fully saturated rings. The molecule has 0 amide bonds. The molecule has 0 spiro atoms. The second kappa shape index (κ2) is 6.31. The Kier molecular flexibility index (Phi) is 5.36. The zero-order valence-electron chi connectivity index (χ0n) is 8.60. The van der Waals surface area contributed by atoms with E-state index in [4.69, 9.17) is 10.8 Å². The van der Waals surface area contributed by atoms with E-state index in [2.05, 4.69) is 9.80 Å². The summed E-state index contributed by atoms with van der Waals surface area (Å²) >= 11 is 0. The molecule has 1 atom stereocenters. The summed E-state index contributed by atoms with van der Waals surface area (Å²) in [7, 11) is 0. The standard InChI is InChI=1S/C9H21N3O2/c10-1-2-11-3-5-12(6-4-11)7-9(14)8-13/h9,13-14H,1-8,10H2.